The van der Waals surface area contributed by atoms with E-state index in [-0.39, 0.29) is 39.9 Å². The Bertz CT molecular complexity index is 2030. The van der Waals surface area contributed by atoms with Crippen LogP contribution in [0.2, 0.25) is 0 Å². The Balaban J connectivity index is 1.56. The molecule has 7 rings (SSSR count). The van der Waals surface area contributed by atoms with Crippen molar-refractivity contribution in [2.45, 2.75) is 45.7 Å². The SMILES string of the molecule is Cc1cc2oc3c(c(=O)c2cc1C)C1(C(=O)N(Cc2ccccc2F)c2ccccc21)N(c1nnc(C(C)C)s1)C3=O. The molecule has 0 saturated heterocycles. The van der Waals surface area contributed by atoms with Crippen LogP contribution in [0.4, 0.5) is 15.2 Å². The highest BCUT2D eigenvalue weighted by atomic mass is 32.1. The number of carbonyl (C=O) groups is 2. The third-order valence-electron chi connectivity index (χ3n) is 8.14. The molecule has 0 radical (unpaired) electrons. The Morgan fingerprint density at radius 3 is 2.43 bits per heavy atom. The van der Waals surface area contributed by atoms with Crippen LogP contribution in [0, 0.1) is 19.7 Å². The van der Waals surface area contributed by atoms with Crippen LogP contribution >= 0.6 is 11.3 Å². The van der Waals surface area contributed by atoms with Gasteiger partial charge in [0.05, 0.1) is 23.2 Å². The zero-order chi connectivity index (χ0) is 29.5. The van der Waals surface area contributed by atoms with E-state index in [1.54, 1.807) is 54.6 Å². The average Bonchev–Trinajstić information content (AvgIpc) is 3.61. The molecule has 0 N–H and O–H groups in total. The van der Waals surface area contributed by atoms with Crippen molar-refractivity contribution in [1.29, 1.82) is 0 Å². The van der Waals surface area contributed by atoms with Gasteiger partial charge in [-0.2, -0.15) is 0 Å². The Morgan fingerprint density at radius 2 is 1.69 bits per heavy atom. The van der Waals surface area contributed by atoms with E-state index in [9.17, 15) is 18.8 Å². The molecule has 0 saturated carbocycles. The van der Waals surface area contributed by atoms with Gasteiger partial charge < -0.3 is 9.32 Å². The lowest BCUT2D eigenvalue weighted by Crippen LogP contribution is -2.53. The number of hydrogen-bond acceptors (Lipinski definition) is 7. The number of hydrogen-bond donors (Lipinski definition) is 0. The van der Waals surface area contributed by atoms with Gasteiger partial charge in [-0.15, -0.1) is 10.2 Å². The first-order valence-electron chi connectivity index (χ1n) is 13.6. The summed E-state index contributed by atoms with van der Waals surface area (Å²) in [6.45, 7) is 7.58. The standard InChI is InChI=1S/C32H25FN4O4S/c1-16(2)28-34-35-31(42-28)37-29(39)27-25(26(38)20-13-17(3)18(4)14-24(20)41-27)32(37)21-10-6-8-12-23(21)36(30(32)40)15-19-9-5-7-11-22(19)33/h5-14,16H,15H2,1-4H3. The minimum absolute atomic E-state index is 0.0182. The van der Waals surface area contributed by atoms with Gasteiger partial charge in [0.15, 0.2) is 11.0 Å². The Hall–Kier alpha value is -4.70. The van der Waals surface area contributed by atoms with Gasteiger partial charge in [-0.25, -0.2) is 4.39 Å². The van der Waals surface area contributed by atoms with E-state index in [1.165, 1.54) is 27.2 Å². The molecule has 1 unspecified atom stereocenters. The van der Waals surface area contributed by atoms with Crippen LogP contribution in [0.3, 0.4) is 0 Å². The number of rotatable bonds is 4. The number of para-hydroxylation sites is 1. The van der Waals surface area contributed by atoms with Crippen molar-refractivity contribution < 1.29 is 18.4 Å². The topological polar surface area (TPSA) is 96.6 Å². The fourth-order valence-electron chi connectivity index (χ4n) is 5.92. The summed E-state index contributed by atoms with van der Waals surface area (Å²) in [5.41, 5.74) is 0.724. The summed E-state index contributed by atoms with van der Waals surface area (Å²) in [5.74, 6) is -1.90. The lowest BCUT2D eigenvalue weighted by Gasteiger charge is -2.32. The highest BCUT2D eigenvalue weighted by Crippen LogP contribution is 2.54. The summed E-state index contributed by atoms with van der Waals surface area (Å²) in [6, 6.07) is 16.6. The van der Waals surface area contributed by atoms with Gasteiger partial charge in [0.2, 0.25) is 10.9 Å². The second-order valence-corrected chi connectivity index (χ2v) is 12.0. The second-order valence-electron chi connectivity index (χ2n) is 11.0. The van der Waals surface area contributed by atoms with Crippen molar-refractivity contribution in [2.24, 2.45) is 0 Å². The van der Waals surface area contributed by atoms with Gasteiger partial charge in [0.25, 0.3) is 11.8 Å². The molecule has 1 atom stereocenters. The van der Waals surface area contributed by atoms with E-state index in [2.05, 4.69) is 10.2 Å². The van der Waals surface area contributed by atoms with Crippen molar-refractivity contribution in [1.82, 2.24) is 10.2 Å². The van der Waals surface area contributed by atoms with Crippen LogP contribution in [-0.2, 0) is 16.9 Å². The van der Waals surface area contributed by atoms with Gasteiger partial charge in [-0.1, -0.05) is 61.6 Å². The minimum Gasteiger partial charge on any atom is -0.450 e. The molecular formula is C32H25FN4O4S. The summed E-state index contributed by atoms with van der Waals surface area (Å²) in [7, 11) is 0. The van der Waals surface area contributed by atoms with Crippen molar-refractivity contribution in [3.8, 4) is 0 Å². The molecule has 8 nitrogen and oxygen atoms in total. The number of halogens is 1. The molecule has 2 aliphatic heterocycles. The third kappa shape index (κ3) is 3.41. The van der Waals surface area contributed by atoms with Crippen LogP contribution in [0.15, 0.2) is 69.9 Å². The number of fused-ring (bicyclic) bond motifs is 5. The number of aryl methyl sites for hydroxylation is 2. The van der Waals surface area contributed by atoms with E-state index >= 15 is 0 Å². The molecule has 5 aromatic rings. The molecule has 210 valence electrons. The maximum Gasteiger partial charge on any atom is 0.297 e. The van der Waals surface area contributed by atoms with E-state index in [1.807, 2.05) is 27.7 Å². The molecule has 4 heterocycles. The number of amides is 2. The zero-order valence-corrected chi connectivity index (χ0v) is 24.1. The number of nitrogens with zero attached hydrogens (tertiary/aromatic N) is 4. The van der Waals surface area contributed by atoms with Crippen LogP contribution in [-0.4, -0.2) is 22.0 Å². The predicted molar refractivity (Wildman–Crippen MR) is 158 cm³/mol. The van der Waals surface area contributed by atoms with Crippen LogP contribution < -0.4 is 15.2 Å². The molecule has 0 aliphatic carbocycles. The van der Waals surface area contributed by atoms with Crippen molar-refractivity contribution in [2.75, 3.05) is 9.80 Å². The first kappa shape index (κ1) is 26.2. The maximum atomic E-state index is 14.9. The summed E-state index contributed by atoms with van der Waals surface area (Å²) in [4.78, 5) is 46.4. The molecule has 0 fully saturated rings. The average molecular weight is 581 g/mol. The number of benzene rings is 3. The quantitative estimate of drug-likeness (QED) is 0.260. The van der Waals surface area contributed by atoms with Gasteiger partial charge in [0, 0.05) is 17.0 Å². The third-order valence-corrected chi connectivity index (χ3v) is 9.35. The fourth-order valence-corrected chi connectivity index (χ4v) is 6.82. The fraction of sp³-hybridized carbons (Fsp3) is 0.219. The van der Waals surface area contributed by atoms with Gasteiger partial charge in [0.1, 0.15) is 16.4 Å². The molecule has 0 bridgehead atoms. The van der Waals surface area contributed by atoms with Crippen molar-refractivity contribution >= 4 is 44.9 Å². The molecule has 42 heavy (non-hydrogen) atoms. The largest absolute Gasteiger partial charge is 0.450 e. The lowest BCUT2D eigenvalue weighted by atomic mass is 9.84. The molecule has 2 amide bonds. The highest BCUT2D eigenvalue weighted by Gasteiger charge is 2.66. The molecule has 2 aromatic heterocycles. The summed E-state index contributed by atoms with van der Waals surface area (Å²) >= 11 is 1.18. The number of carbonyl (C=O) groups excluding carboxylic acids is 2. The molecule has 3 aromatic carbocycles. The molecule has 2 aliphatic rings. The van der Waals surface area contributed by atoms with E-state index in [0.29, 0.717) is 21.8 Å². The van der Waals surface area contributed by atoms with Crippen molar-refractivity contribution in [3.63, 3.8) is 0 Å². The summed E-state index contributed by atoms with van der Waals surface area (Å²) in [6.07, 6.45) is 0. The second kappa shape index (κ2) is 9.15. The van der Waals surface area contributed by atoms with Crippen molar-refractivity contribution in [3.05, 3.63) is 115 Å². The van der Waals surface area contributed by atoms with E-state index in [4.69, 9.17) is 4.42 Å². The monoisotopic (exact) mass is 580 g/mol. The highest BCUT2D eigenvalue weighted by molar-refractivity contribution is 7.15. The molecule has 1 spiro atoms. The minimum atomic E-state index is -1.92. The van der Waals surface area contributed by atoms with Crippen LogP contribution in [0.25, 0.3) is 11.0 Å². The normalized spacial score (nSPS) is 17.7. The predicted octanol–water partition coefficient (Wildman–Crippen LogP) is 5.97. The zero-order valence-electron chi connectivity index (χ0n) is 23.3. The smallest absolute Gasteiger partial charge is 0.297 e. The Kier molecular flexibility index (Phi) is 5.71. The van der Waals surface area contributed by atoms with E-state index in [0.717, 1.165) is 11.1 Å². The maximum absolute atomic E-state index is 14.9. The molecule has 10 heteroatoms. The van der Waals surface area contributed by atoms with Crippen LogP contribution in [0.5, 0.6) is 0 Å². The van der Waals surface area contributed by atoms with Gasteiger partial charge in [-0.3, -0.25) is 19.3 Å². The molecular weight excluding hydrogens is 555 g/mol. The Morgan fingerprint density at radius 1 is 0.976 bits per heavy atom. The van der Waals surface area contributed by atoms with Gasteiger partial charge in [-0.05, 0) is 49.2 Å². The first-order chi connectivity index (χ1) is 20.1. The van der Waals surface area contributed by atoms with Gasteiger partial charge >= 0.3 is 0 Å². The summed E-state index contributed by atoms with van der Waals surface area (Å²) < 4.78 is 21.1. The number of aromatic nitrogens is 2. The number of anilines is 2. The lowest BCUT2D eigenvalue weighted by molar-refractivity contribution is -0.121. The summed E-state index contributed by atoms with van der Waals surface area (Å²) in [5, 5.41) is 9.72. The van der Waals surface area contributed by atoms with E-state index < -0.39 is 28.6 Å². The van der Waals surface area contributed by atoms with Crippen LogP contribution in [0.1, 0.15) is 63.1 Å². The Labute approximate surface area is 244 Å². The first-order valence-corrected chi connectivity index (χ1v) is 14.4.